The molecule has 3 heteroatoms. The minimum atomic E-state index is -0.497. The fourth-order valence-corrected chi connectivity index (χ4v) is 2.75. The molecule has 0 spiro atoms. The van der Waals surface area contributed by atoms with E-state index in [1.54, 1.807) is 0 Å². The van der Waals surface area contributed by atoms with Crippen LogP contribution in [0.2, 0.25) is 0 Å². The van der Waals surface area contributed by atoms with Gasteiger partial charge >= 0.3 is 0 Å². The van der Waals surface area contributed by atoms with Crippen molar-refractivity contribution in [3.63, 3.8) is 0 Å². The third-order valence-electron chi connectivity index (χ3n) is 2.06. The van der Waals surface area contributed by atoms with Crippen LogP contribution in [0.4, 0.5) is 0 Å². The molecule has 1 fully saturated rings. The summed E-state index contributed by atoms with van der Waals surface area (Å²) in [6.45, 7) is 6.00. The Balaban J connectivity index is 2.63. The van der Waals surface area contributed by atoms with E-state index < -0.39 is 5.60 Å². The number of carbonyl (C=O) groups is 1. The summed E-state index contributed by atoms with van der Waals surface area (Å²) in [4.78, 5) is 11.0. The van der Waals surface area contributed by atoms with E-state index in [-0.39, 0.29) is 5.60 Å². The van der Waals surface area contributed by atoms with Crippen molar-refractivity contribution < 1.29 is 9.53 Å². The molecule has 0 amide bonds. The fourth-order valence-electron chi connectivity index (χ4n) is 1.57. The van der Waals surface area contributed by atoms with E-state index in [1.807, 2.05) is 32.5 Å². The molecule has 0 aromatic heterocycles. The number of rotatable bonds is 2. The summed E-state index contributed by atoms with van der Waals surface area (Å²) in [5.41, 5.74) is -0.716. The first-order valence-corrected chi connectivity index (χ1v) is 5.87. The van der Waals surface area contributed by atoms with Gasteiger partial charge in [0.05, 0.1) is 5.60 Å². The molecule has 1 saturated heterocycles. The van der Waals surface area contributed by atoms with Crippen molar-refractivity contribution in [2.24, 2.45) is 0 Å². The molecule has 13 heavy (non-hydrogen) atoms. The van der Waals surface area contributed by atoms with Gasteiger partial charge in [-0.2, -0.15) is 11.8 Å². The van der Waals surface area contributed by atoms with Crippen LogP contribution in [0.15, 0.2) is 0 Å². The van der Waals surface area contributed by atoms with Crippen LogP contribution in [-0.2, 0) is 9.53 Å². The smallest absolute Gasteiger partial charge is 0.151 e. The van der Waals surface area contributed by atoms with Crippen molar-refractivity contribution in [2.75, 3.05) is 11.5 Å². The molecular formula is C10H18O2S. The Kier molecular flexibility index (Phi) is 3.41. The molecule has 1 aliphatic rings. The number of ether oxygens (including phenoxy) is 1. The van der Waals surface area contributed by atoms with Crippen LogP contribution >= 0.6 is 11.8 Å². The highest BCUT2D eigenvalue weighted by atomic mass is 32.2. The standard InChI is InChI=1S/C10H18O2S/c1-9(2,3)12-10(8-11)4-6-13-7-5-10/h8H,4-7H2,1-3H3. The van der Waals surface area contributed by atoms with Gasteiger partial charge in [0.25, 0.3) is 0 Å². The highest BCUT2D eigenvalue weighted by Gasteiger charge is 2.36. The number of aldehydes is 1. The number of thioether (sulfide) groups is 1. The van der Waals surface area contributed by atoms with Crippen molar-refractivity contribution in [3.05, 3.63) is 0 Å². The van der Waals surface area contributed by atoms with Crippen LogP contribution in [-0.4, -0.2) is 29.0 Å². The molecule has 2 nitrogen and oxygen atoms in total. The molecule has 0 unspecified atom stereocenters. The molecule has 0 N–H and O–H groups in total. The number of hydrogen-bond donors (Lipinski definition) is 0. The lowest BCUT2D eigenvalue weighted by Gasteiger charge is -2.37. The molecule has 76 valence electrons. The summed E-state index contributed by atoms with van der Waals surface area (Å²) in [7, 11) is 0. The number of hydrogen-bond acceptors (Lipinski definition) is 3. The Morgan fingerprint density at radius 2 is 1.85 bits per heavy atom. The van der Waals surface area contributed by atoms with Gasteiger partial charge in [-0.05, 0) is 45.1 Å². The van der Waals surface area contributed by atoms with E-state index in [1.165, 1.54) is 0 Å². The summed E-state index contributed by atoms with van der Waals surface area (Å²) < 4.78 is 5.83. The largest absolute Gasteiger partial charge is 0.362 e. The summed E-state index contributed by atoms with van der Waals surface area (Å²) >= 11 is 1.90. The minimum absolute atomic E-state index is 0.219. The van der Waals surface area contributed by atoms with Crippen molar-refractivity contribution in [1.29, 1.82) is 0 Å². The van der Waals surface area contributed by atoms with E-state index in [0.29, 0.717) is 0 Å². The summed E-state index contributed by atoms with van der Waals surface area (Å²) in [5.74, 6) is 2.07. The van der Waals surface area contributed by atoms with E-state index in [9.17, 15) is 4.79 Å². The SMILES string of the molecule is CC(C)(C)OC1(C=O)CCSCC1. The monoisotopic (exact) mass is 202 g/mol. The first-order chi connectivity index (χ1) is 5.97. The summed E-state index contributed by atoms with van der Waals surface area (Å²) in [5, 5.41) is 0. The molecular weight excluding hydrogens is 184 g/mol. The van der Waals surface area contributed by atoms with Crippen molar-refractivity contribution in [3.8, 4) is 0 Å². The number of carbonyl (C=O) groups excluding carboxylic acids is 1. The summed E-state index contributed by atoms with van der Waals surface area (Å²) in [6, 6.07) is 0. The van der Waals surface area contributed by atoms with Crippen LogP contribution < -0.4 is 0 Å². The van der Waals surface area contributed by atoms with Gasteiger partial charge in [-0.25, -0.2) is 0 Å². The van der Waals surface area contributed by atoms with Gasteiger partial charge in [0.1, 0.15) is 5.60 Å². The Morgan fingerprint density at radius 1 is 1.31 bits per heavy atom. The molecule has 0 atom stereocenters. The van der Waals surface area contributed by atoms with E-state index >= 15 is 0 Å². The first kappa shape index (κ1) is 11.1. The molecule has 0 aromatic carbocycles. The van der Waals surface area contributed by atoms with Crippen LogP contribution in [0, 0.1) is 0 Å². The van der Waals surface area contributed by atoms with Crippen molar-refractivity contribution >= 4 is 18.0 Å². The normalized spacial score (nSPS) is 22.7. The zero-order valence-electron chi connectivity index (χ0n) is 8.63. The quantitative estimate of drug-likeness (QED) is 0.643. The highest BCUT2D eigenvalue weighted by Crippen LogP contribution is 2.32. The predicted molar refractivity (Wildman–Crippen MR) is 56.2 cm³/mol. The van der Waals surface area contributed by atoms with Crippen molar-refractivity contribution in [1.82, 2.24) is 0 Å². The van der Waals surface area contributed by atoms with E-state index in [4.69, 9.17) is 4.74 Å². The lowest BCUT2D eigenvalue weighted by molar-refractivity contribution is -0.155. The molecule has 1 heterocycles. The average molecular weight is 202 g/mol. The third-order valence-corrected chi connectivity index (χ3v) is 3.05. The van der Waals surface area contributed by atoms with Crippen molar-refractivity contribution in [2.45, 2.75) is 44.8 Å². The molecule has 0 bridgehead atoms. The van der Waals surface area contributed by atoms with E-state index in [2.05, 4.69) is 0 Å². The van der Waals surface area contributed by atoms with Crippen LogP contribution in [0.25, 0.3) is 0 Å². The summed E-state index contributed by atoms with van der Waals surface area (Å²) in [6.07, 6.45) is 2.72. The van der Waals surface area contributed by atoms with Crippen LogP contribution in [0.3, 0.4) is 0 Å². The average Bonchev–Trinajstić information content (AvgIpc) is 2.03. The minimum Gasteiger partial charge on any atom is -0.362 e. The molecule has 1 aliphatic heterocycles. The molecule has 0 aliphatic carbocycles. The maximum Gasteiger partial charge on any atom is 0.151 e. The predicted octanol–water partition coefficient (Wildman–Crippen LogP) is 2.27. The second kappa shape index (κ2) is 4.01. The molecule has 1 rings (SSSR count). The second-order valence-corrected chi connectivity index (χ2v) is 5.73. The molecule has 0 saturated carbocycles. The van der Waals surface area contributed by atoms with Crippen LogP contribution in [0.5, 0.6) is 0 Å². The Bertz CT molecular complexity index is 178. The first-order valence-electron chi connectivity index (χ1n) is 4.72. The van der Waals surface area contributed by atoms with Crippen LogP contribution in [0.1, 0.15) is 33.6 Å². The maximum atomic E-state index is 11.0. The zero-order chi connectivity index (χ0) is 9.95. The fraction of sp³-hybridized carbons (Fsp3) is 0.900. The topological polar surface area (TPSA) is 26.3 Å². The van der Waals surface area contributed by atoms with Gasteiger partial charge in [0.2, 0.25) is 0 Å². The van der Waals surface area contributed by atoms with Gasteiger partial charge in [0, 0.05) is 0 Å². The Labute approximate surface area is 84.4 Å². The molecule has 0 radical (unpaired) electrons. The Morgan fingerprint density at radius 3 is 2.23 bits per heavy atom. The van der Waals surface area contributed by atoms with Gasteiger partial charge in [0.15, 0.2) is 6.29 Å². The third kappa shape index (κ3) is 3.31. The van der Waals surface area contributed by atoms with E-state index in [0.717, 1.165) is 30.6 Å². The lowest BCUT2D eigenvalue weighted by Crippen LogP contribution is -2.44. The van der Waals surface area contributed by atoms with Gasteiger partial charge in [-0.15, -0.1) is 0 Å². The lowest BCUT2D eigenvalue weighted by atomic mass is 9.97. The molecule has 0 aromatic rings. The Hall–Kier alpha value is -0.0200. The van der Waals surface area contributed by atoms with Gasteiger partial charge in [-0.1, -0.05) is 0 Å². The van der Waals surface area contributed by atoms with Gasteiger partial charge in [-0.3, -0.25) is 0 Å². The van der Waals surface area contributed by atoms with Gasteiger partial charge < -0.3 is 9.53 Å². The maximum absolute atomic E-state index is 11.0. The second-order valence-electron chi connectivity index (χ2n) is 4.51. The zero-order valence-corrected chi connectivity index (χ0v) is 9.45. The highest BCUT2D eigenvalue weighted by molar-refractivity contribution is 7.99.